The number of nitrogens with two attached hydrogens (primary N) is 1. The summed E-state index contributed by atoms with van der Waals surface area (Å²) in [6.07, 6.45) is 7.84. The lowest BCUT2D eigenvalue weighted by atomic mass is 10.0. The van der Waals surface area contributed by atoms with E-state index in [0.717, 1.165) is 33.4 Å². The highest BCUT2D eigenvalue weighted by molar-refractivity contribution is 14.1. The van der Waals surface area contributed by atoms with Gasteiger partial charge in [-0.05, 0) is 59.2 Å². The van der Waals surface area contributed by atoms with Gasteiger partial charge in [0.1, 0.15) is 0 Å². The van der Waals surface area contributed by atoms with E-state index in [1.807, 2.05) is 18.2 Å². The number of rotatable bonds is 4. The summed E-state index contributed by atoms with van der Waals surface area (Å²) in [5.74, 6) is 2.62. The third kappa shape index (κ3) is 4.02. The van der Waals surface area contributed by atoms with Crippen molar-refractivity contribution in [3.8, 4) is 12.3 Å². The Hall–Kier alpha value is -0.240. The summed E-state index contributed by atoms with van der Waals surface area (Å²) < 4.78 is 1.16. The molecule has 0 saturated heterocycles. The van der Waals surface area contributed by atoms with E-state index in [-0.39, 0.29) is 6.04 Å². The van der Waals surface area contributed by atoms with E-state index in [1.54, 1.807) is 0 Å². The summed E-state index contributed by atoms with van der Waals surface area (Å²) in [5.41, 5.74) is 7.18. The second kappa shape index (κ2) is 6.37. The standard InChI is InChI=1S/C12H13ClIN/c1-2-3-4-5-12(15)10-8-9(13)6-7-11(10)14/h1,6-8,12H,3-5,15H2. The molecule has 0 spiro atoms. The van der Waals surface area contributed by atoms with E-state index in [4.69, 9.17) is 23.8 Å². The van der Waals surface area contributed by atoms with Crippen molar-refractivity contribution >= 4 is 34.2 Å². The van der Waals surface area contributed by atoms with Gasteiger partial charge in [-0.3, -0.25) is 0 Å². The molecule has 0 aliphatic rings. The van der Waals surface area contributed by atoms with Gasteiger partial charge >= 0.3 is 0 Å². The normalized spacial score (nSPS) is 12.1. The van der Waals surface area contributed by atoms with Crippen LogP contribution in [-0.4, -0.2) is 0 Å². The van der Waals surface area contributed by atoms with E-state index in [1.165, 1.54) is 0 Å². The second-order valence-electron chi connectivity index (χ2n) is 3.37. The number of hydrogen-bond acceptors (Lipinski definition) is 1. The molecule has 1 unspecified atom stereocenters. The van der Waals surface area contributed by atoms with Crippen LogP contribution in [0.1, 0.15) is 30.9 Å². The van der Waals surface area contributed by atoms with Gasteiger partial charge in [-0.1, -0.05) is 11.6 Å². The van der Waals surface area contributed by atoms with Crippen molar-refractivity contribution in [2.75, 3.05) is 0 Å². The third-order valence-corrected chi connectivity index (χ3v) is 3.41. The fourth-order valence-electron chi connectivity index (χ4n) is 1.38. The molecule has 0 aliphatic heterocycles. The number of halogens is 2. The SMILES string of the molecule is C#CCCCC(N)c1cc(Cl)ccc1I. The van der Waals surface area contributed by atoms with Gasteiger partial charge in [0.15, 0.2) is 0 Å². The van der Waals surface area contributed by atoms with Crippen LogP contribution in [0.2, 0.25) is 5.02 Å². The molecular weight excluding hydrogens is 320 g/mol. The molecule has 80 valence electrons. The molecular formula is C12H13ClIN. The summed E-state index contributed by atoms with van der Waals surface area (Å²) in [6.45, 7) is 0. The van der Waals surface area contributed by atoms with E-state index >= 15 is 0 Å². The van der Waals surface area contributed by atoms with Gasteiger partial charge < -0.3 is 5.73 Å². The Morgan fingerprint density at radius 2 is 2.27 bits per heavy atom. The van der Waals surface area contributed by atoms with Crippen LogP contribution >= 0.6 is 34.2 Å². The molecule has 1 rings (SSSR count). The molecule has 1 nitrogen and oxygen atoms in total. The van der Waals surface area contributed by atoms with Crippen LogP contribution in [0.3, 0.4) is 0 Å². The van der Waals surface area contributed by atoms with Crippen LogP contribution in [0.4, 0.5) is 0 Å². The minimum Gasteiger partial charge on any atom is -0.324 e. The highest BCUT2D eigenvalue weighted by Gasteiger charge is 2.09. The molecule has 0 aliphatic carbocycles. The van der Waals surface area contributed by atoms with E-state index < -0.39 is 0 Å². The molecule has 1 aromatic carbocycles. The molecule has 0 bridgehead atoms. The average molecular weight is 334 g/mol. The zero-order chi connectivity index (χ0) is 11.3. The summed E-state index contributed by atoms with van der Waals surface area (Å²) in [6, 6.07) is 5.83. The number of hydrogen-bond donors (Lipinski definition) is 1. The Kier molecular flexibility index (Phi) is 5.44. The second-order valence-corrected chi connectivity index (χ2v) is 4.97. The van der Waals surface area contributed by atoms with Gasteiger partial charge in [-0.2, -0.15) is 0 Å². The molecule has 2 N–H and O–H groups in total. The molecule has 0 amide bonds. The van der Waals surface area contributed by atoms with Crippen LogP contribution in [0.15, 0.2) is 18.2 Å². The molecule has 3 heteroatoms. The quantitative estimate of drug-likeness (QED) is 0.507. The predicted molar refractivity (Wildman–Crippen MR) is 73.8 cm³/mol. The van der Waals surface area contributed by atoms with Gasteiger partial charge in [0.25, 0.3) is 0 Å². The van der Waals surface area contributed by atoms with Crippen molar-refractivity contribution in [2.24, 2.45) is 5.73 Å². The van der Waals surface area contributed by atoms with Crippen molar-refractivity contribution in [2.45, 2.75) is 25.3 Å². The topological polar surface area (TPSA) is 26.0 Å². The van der Waals surface area contributed by atoms with Crippen molar-refractivity contribution in [1.82, 2.24) is 0 Å². The largest absolute Gasteiger partial charge is 0.324 e. The highest BCUT2D eigenvalue weighted by Crippen LogP contribution is 2.25. The van der Waals surface area contributed by atoms with Gasteiger partial charge in [0, 0.05) is 21.1 Å². The van der Waals surface area contributed by atoms with Crippen molar-refractivity contribution in [3.63, 3.8) is 0 Å². The van der Waals surface area contributed by atoms with Crippen LogP contribution in [0.5, 0.6) is 0 Å². The first-order valence-electron chi connectivity index (χ1n) is 4.79. The van der Waals surface area contributed by atoms with Crippen molar-refractivity contribution < 1.29 is 0 Å². The monoisotopic (exact) mass is 333 g/mol. The minimum atomic E-state index is 0.0314. The smallest absolute Gasteiger partial charge is 0.0410 e. The first kappa shape index (κ1) is 12.8. The lowest BCUT2D eigenvalue weighted by molar-refractivity contribution is 0.619. The van der Waals surface area contributed by atoms with Gasteiger partial charge in [0.05, 0.1) is 0 Å². The highest BCUT2D eigenvalue weighted by atomic mass is 127. The summed E-state index contributed by atoms with van der Waals surface area (Å²) in [5, 5.41) is 0.734. The maximum atomic E-state index is 6.07. The molecule has 0 saturated carbocycles. The van der Waals surface area contributed by atoms with Crippen molar-refractivity contribution in [1.29, 1.82) is 0 Å². The lowest BCUT2D eigenvalue weighted by Crippen LogP contribution is -2.11. The van der Waals surface area contributed by atoms with Crippen LogP contribution in [-0.2, 0) is 0 Å². The zero-order valence-corrected chi connectivity index (χ0v) is 11.3. The molecule has 0 aromatic heterocycles. The van der Waals surface area contributed by atoms with Gasteiger partial charge in [-0.25, -0.2) is 0 Å². The van der Waals surface area contributed by atoms with Crippen LogP contribution in [0, 0.1) is 15.9 Å². The fraction of sp³-hybridized carbons (Fsp3) is 0.333. The first-order chi connectivity index (χ1) is 7.15. The van der Waals surface area contributed by atoms with Gasteiger partial charge in [0.2, 0.25) is 0 Å². The fourth-order valence-corrected chi connectivity index (χ4v) is 2.29. The van der Waals surface area contributed by atoms with Crippen molar-refractivity contribution in [3.05, 3.63) is 32.4 Å². The molecule has 15 heavy (non-hydrogen) atoms. The molecule has 0 heterocycles. The molecule has 0 radical (unpaired) electrons. The minimum absolute atomic E-state index is 0.0314. The lowest BCUT2D eigenvalue weighted by Gasteiger charge is -2.13. The van der Waals surface area contributed by atoms with E-state index in [2.05, 4.69) is 28.5 Å². The number of terminal acetylenes is 1. The molecule has 1 aromatic rings. The Morgan fingerprint density at radius 1 is 1.53 bits per heavy atom. The zero-order valence-electron chi connectivity index (χ0n) is 8.34. The molecule has 0 fully saturated rings. The summed E-state index contributed by atoms with van der Waals surface area (Å²) in [7, 11) is 0. The van der Waals surface area contributed by atoms with Crippen LogP contribution in [0.25, 0.3) is 0 Å². The van der Waals surface area contributed by atoms with E-state index in [9.17, 15) is 0 Å². The van der Waals surface area contributed by atoms with E-state index in [0.29, 0.717) is 0 Å². The van der Waals surface area contributed by atoms with Crippen LogP contribution < -0.4 is 5.73 Å². The summed E-state index contributed by atoms with van der Waals surface area (Å²) >= 11 is 8.21. The Bertz CT molecular complexity index is 370. The summed E-state index contributed by atoms with van der Waals surface area (Å²) in [4.78, 5) is 0. The van der Waals surface area contributed by atoms with Gasteiger partial charge in [-0.15, -0.1) is 12.3 Å². The first-order valence-corrected chi connectivity index (χ1v) is 6.25. The predicted octanol–water partition coefficient (Wildman–Crippen LogP) is 3.75. The average Bonchev–Trinajstić information content (AvgIpc) is 2.22. The molecule has 1 atom stereocenters. The Morgan fingerprint density at radius 3 is 2.93 bits per heavy atom. The third-order valence-electron chi connectivity index (χ3n) is 2.19. The maximum absolute atomic E-state index is 6.07. The Labute approximate surface area is 110 Å². The maximum Gasteiger partial charge on any atom is 0.0410 e. The number of unbranched alkanes of at least 4 members (excludes halogenated alkanes) is 1. The Balaban J connectivity index is 2.69. The number of benzene rings is 1.